The normalized spacial score (nSPS) is 14.5. The zero-order valence-electron chi connectivity index (χ0n) is 12.1. The van der Waals surface area contributed by atoms with Gasteiger partial charge < -0.3 is 5.32 Å². The SMILES string of the molecule is N#Cc1cc(NCCC2=CCCCC2)nc2ccccc12. The molecule has 21 heavy (non-hydrogen) atoms. The van der Waals surface area contributed by atoms with E-state index in [1.807, 2.05) is 30.3 Å². The highest BCUT2D eigenvalue weighted by Gasteiger charge is 2.06. The number of rotatable bonds is 4. The second-order valence-corrected chi connectivity index (χ2v) is 5.47. The molecule has 2 aromatic rings. The molecule has 0 unspecified atom stereocenters. The lowest BCUT2D eigenvalue weighted by molar-refractivity contribution is 0.679. The summed E-state index contributed by atoms with van der Waals surface area (Å²) < 4.78 is 0. The van der Waals surface area contributed by atoms with Gasteiger partial charge in [-0.15, -0.1) is 0 Å². The Bertz CT molecular complexity index is 710. The third kappa shape index (κ3) is 3.22. The highest BCUT2D eigenvalue weighted by Crippen LogP contribution is 2.22. The fourth-order valence-corrected chi connectivity index (χ4v) is 2.84. The van der Waals surface area contributed by atoms with Crippen molar-refractivity contribution < 1.29 is 0 Å². The lowest BCUT2D eigenvalue weighted by Gasteiger charge is -2.13. The molecule has 106 valence electrons. The summed E-state index contributed by atoms with van der Waals surface area (Å²) in [5, 5.41) is 13.5. The third-order valence-corrected chi connectivity index (χ3v) is 3.97. The summed E-state index contributed by atoms with van der Waals surface area (Å²) in [5.74, 6) is 0.793. The second-order valence-electron chi connectivity index (χ2n) is 5.47. The van der Waals surface area contributed by atoms with Crippen molar-refractivity contribution >= 4 is 16.7 Å². The van der Waals surface area contributed by atoms with Crippen molar-refractivity contribution in [2.75, 3.05) is 11.9 Å². The summed E-state index contributed by atoms with van der Waals surface area (Å²) in [6.07, 6.45) is 8.54. The molecule has 1 aliphatic carbocycles. The zero-order chi connectivity index (χ0) is 14.5. The van der Waals surface area contributed by atoms with Crippen LogP contribution in [0.15, 0.2) is 42.0 Å². The molecule has 0 spiro atoms. The Kier molecular flexibility index (Phi) is 4.16. The van der Waals surface area contributed by atoms with Gasteiger partial charge in [-0.1, -0.05) is 29.8 Å². The maximum atomic E-state index is 9.27. The molecule has 1 aromatic heterocycles. The fourth-order valence-electron chi connectivity index (χ4n) is 2.84. The van der Waals surface area contributed by atoms with Gasteiger partial charge in [0.2, 0.25) is 0 Å². The first-order valence-electron chi connectivity index (χ1n) is 7.58. The molecule has 1 aliphatic rings. The fraction of sp³-hybridized carbons (Fsp3) is 0.333. The second kappa shape index (κ2) is 6.41. The molecule has 0 radical (unpaired) electrons. The van der Waals surface area contributed by atoms with Crippen molar-refractivity contribution in [1.82, 2.24) is 4.98 Å². The van der Waals surface area contributed by atoms with E-state index in [-0.39, 0.29) is 0 Å². The molecular weight excluding hydrogens is 258 g/mol. The topological polar surface area (TPSA) is 48.7 Å². The molecule has 1 heterocycles. The lowest BCUT2D eigenvalue weighted by Crippen LogP contribution is -2.06. The van der Waals surface area contributed by atoms with Crippen molar-refractivity contribution in [1.29, 1.82) is 5.26 Å². The minimum atomic E-state index is 0.681. The van der Waals surface area contributed by atoms with Crippen LogP contribution in [0.4, 0.5) is 5.82 Å². The number of hydrogen-bond donors (Lipinski definition) is 1. The van der Waals surface area contributed by atoms with Gasteiger partial charge in [-0.25, -0.2) is 4.98 Å². The molecule has 1 N–H and O–H groups in total. The van der Waals surface area contributed by atoms with Crippen LogP contribution in [0.1, 0.15) is 37.7 Å². The van der Waals surface area contributed by atoms with Gasteiger partial charge in [-0.3, -0.25) is 0 Å². The smallest absolute Gasteiger partial charge is 0.127 e. The van der Waals surface area contributed by atoms with Crippen LogP contribution >= 0.6 is 0 Å². The van der Waals surface area contributed by atoms with Crippen molar-refractivity contribution in [2.45, 2.75) is 32.1 Å². The Morgan fingerprint density at radius 3 is 2.95 bits per heavy atom. The van der Waals surface area contributed by atoms with Crippen LogP contribution < -0.4 is 5.32 Å². The predicted molar refractivity (Wildman–Crippen MR) is 86.1 cm³/mol. The summed E-state index contributed by atoms with van der Waals surface area (Å²) in [7, 11) is 0. The molecule has 0 amide bonds. The van der Waals surface area contributed by atoms with Crippen molar-refractivity contribution in [3.8, 4) is 6.07 Å². The lowest BCUT2D eigenvalue weighted by atomic mass is 9.97. The quantitative estimate of drug-likeness (QED) is 0.842. The average molecular weight is 277 g/mol. The Morgan fingerprint density at radius 1 is 1.24 bits per heavy atom. The predicted octanol–water partition coefficient (Wildman–Crippen LogP) is 4.41. The van der Waals surface area contributed by atoms with Gasteiger partial charge in [-0.2, -0.15) is 5.26 Å². The number of nitrogens with one attached hydrogen (secondary N) is 1. The molecule has 0 saturated heterocycles. The van der Waals surface area contributed by atoms with Gasteiger partial charge in [-0.05, 0) is 44.2 Å². The highest BCUT2D eigenvalue weighted by molar-refractivity contribution is 5.86. The molecule has 0 saturated carbocycles. The number of fused-ring (bicyclic) bond motifs is 1. The number of nitrogens with zero attached hydrogens (tertiary/aromatic N) is 2. The van der Waals surface area contributed by atoms with Crippen LogP contribution in [-0.2, 0) is 0 Å². The molecule has 0 fully saturated rings. The van der Waals surface area contributed by atoms with Gasteiger partial charge in [0.1, 0.15) is 5.82 Å². The van der Waals surface area contributed by atoms with E-state index in [1.165, 1.54) is 25.7 Å². The highest BCUT2D eigenvalue weighted by atomic mass is 15.0. The minimum Gasteiger partial charge on any atom is -0.370 e. The van der Waals surface area contributed by atoms with E-state index in [4.69, 9.17) is 0 Å². The maximum Gasteiger partial charge on any atom is 0.127 e. The van der Waals surface area contributed by atoms with Crippen molar-refractivity contribution in [3.05, 3.63) is 47.5 Å². The first-order valence-corrected chi connectivity index (χ1v) is 7.58. The zero-order valence-corrected chi connectivity index (χ0v) is 12.1. The van der Waals surface area contributed by atoms with E-state index >= 15 is 0 Å². The molecule has 3 rings (SSSR count). The summed E-state index contributed by atoms with van der Waals surface area (Å²) in [5.41, 5.74) is 3.10. The number of benzene rings is 1. The summed E-state index contributed by atoms with van der Waals surface area (Å²) in [4.78, 5) is 4.58. The number of hydrogen-bond acceptors (Lipinski definition) is 3. The standard InChI is InChI=1S/C18H19N3/c19-13-15-12-18(21-17-9-5-4-8-16(15)17)20-11-10-14-6-2-1-3-7-14/h4-6,8-9,12H,1-3,7,10-11H2,(H,20,21). The molecule has 1 aromatic carbocycles. The van der Waals surface area contributed by atoms with Gasteiger partial charge in [0.05, 0.1) is 17.1 Å². The van der Waals surface area contributed by atoms with Crippen LogP contribution in [-0.4, -0.2) is 11.5 Å². The van der Waals surface area contributed by atoms with Gasteiger partial charge in [0.25, 0.3) is 0 Å². The van der Waals surface area contributed by atoms with Crippen LogP contribution in [0.25, 0.3) is 10.9 Å². The largest absolute Gasteiger partial charge is 0.370 e. The van der Waals surface area contributed by atoms with E-state index in [2.05, 4.69) is 22.4 Å². The maximum absolute atomic E-state index is 9.27. The molecule has 3 nitrogen and oxygen atoms in total. The van der Waals surface area contributed by atoms with Crippen molar-refractivity contribution in [2.24, 2.45) is 0 Å². The van der Waals surface area contributed by atoms with E-state index < -0.39 is 0 Å². The average Bonchev–Trinajstić information content (AvgIpc) is 2.55. The van der Waals surface area contributed by atoms with E-state index in [9.17, 15) is 5.26 Å². The van der Waals surface area contributed by atoms with Gasteiger partial charge in [0.15, 0.2) is 0 Å². The number of nitriles is 1. The number of anilines is 1. The molecule has 0 aliphatic heterocycles. The molecule has 0 bridgehead atoms. The monoisotopic (exact) mass is 277 g/mol. The van der Waals surface area contributed by atoms with Crippen LogP contribution in [0.3, 0.4) is 0 Å². The number of allylic oxidation sites excluding steroid dienone is 1. The van der Waals surface area contributed by atoms with Crippen molar-refractivity contribution in [3.63, 3.8) is 0 Å². The van der Waals surface area contributed by atoms with Crippen LogP contribution in [0.2, 0.25) is 0 Å². The van der Waals surface area contributed by atoms with Gasteiger partial charge >= 0.3 is 0 Å². The summed E-state index contributed by atoms with van der Waals surface area (Å²) in [6.45, 7) is 0.877. The Morgan fingerprint density at radius 2 is 2.14 bits per heavy atom. The first kappa shape index (κ1) is 13.6. The third-order valence-electron chi connectivity index (χ3n) is 3.97. The Labute approximate surface area is 125 Å². The molecular formula is C18H19N3. The Balaban J connectivity index is 1.72. The number of pyridine rings is 1. The van der Waals surface area contributed by atoms with E-state index in [1.54, 1.807) is 5.57 Å². The van der Waals surface area contributed by atoms with E-state index in [0.717, 1.165) is 29.7 Å². The van der Waals surface area contributed by atoms with Crippen LogP contribution in [0, 0.1) is 11.3 Å². The van der Waals surface area contributed by atoms with Gasteiger partial charge in [0, 0.05) is 11.9 Å². The molecule has 0 atom stereocenters. The number of para-hydroxylation sites is 1. The number of aromatic nitrogens is 1. The van der Waals surface area contributed by atoms with Crippen LogP contribution in [0.5, 0.6) is 0 Å². The summed E-state index contributed by atoms with van der Waals surface area (Å²) in [6, 6.07) is 11.9. The first-order chi connectivity index (χ1) is 10.4. The Hall–Kier alpha value is -2.34. The minimum absolute atomic E-state index is 0.681. The summed E-state index contributed by atoms with van der Waals surface area (Å²) >= 11 is 0. The van der Waals surface area contributed by atoms with E-state index in [0.29, 0.717) is 5.56 Å². The molecule has 3 heteroatoms.